The lowest BCUT2D eigenvalue weighted by atomic mass is 10.1. The van der Waals surface area contributed by atoms with E-state index in [1.165, 1.54) is 0 Å². The molecule has 1 atom stereocenters. The van der Waals surface area contributed by atoms with Crippen LogP contribution in [0.15, 0.2) is 21.1 Å². The van der Waals surface area contributed by atoms with Crippen LogP contribution in [-0.4, -0.2) is 22.2 Å². The number of halogens is 3. The Morgan fingerprint density at radius 3 is 2.19 bits per heavy atom. The van der Waals surface area contributed by atoms with Crippen molar-refractivity contribution in [3.05, 3.63) is 26.6 Å². The van der Waals surface area contributed by atoms with Gasteiger partial charge >= 0.3 is 5.97 Å². The quantitative estimate of drug-likeness (QED) is 0.702. The van der Waals surface area contributed by atoms with Crippen molar-refractivity contribution < 1.29 is 15.0 Å². The Balaban J connectivity index is 0.00000225. The average Bonchev–Trinajstić information content (AvgIpc) is 2.13. The summed E-state index contributed by atoms with van der Waals surface area (Å²) in [5.74, 6) is -0.960. The minimum atomic E-state index is -1.05. The zero-order chi connectivity index (χ0) is 11.6. The van der Waals surface area contributed by atoms with E-state index in [9.17, 15) is 9.90 Å². The monoisotopic (exact) mass is 417 g/mol. The van der Waals surface area contributed by atoms with E-state index >= 15 is 0 Å². The van der Waals surface area contributed by atoms with E-state index < -0.39 is 12.0 Å². The largest absolute Gasteiger partial charge is 0.506 e. The highest BCUT2D eigenvalue weighted by atomic mass is 79.9. The highest BCUT2D eigenvalue weighted by Crippen LogP contribution is 2.33. The maximum atomic E-state index is 10.5. The first-order valence-electron chi connectivity index (χ1n) is 4.07. The maximum Gasteiger partial charge on any atom is 0.320 e. The van der Waals surface area contributed by atoms with Gasteiger partial charge in [-0.25, -0.2) is 0 Å². The molecule has 0 radical (unpaired) electrons. The third kappa shape index (κ3) is 4.04. The van der Waals surface area contributed by atoms with Crippen LogP contribution in [0.3, 0.4) is 0 Å². The minimum absolute atomic E-state index is 0. The third-order valence-electron chi connectivity index (χ3n) is 1.85. The Morgan fingerprint density at radius 1 is 1.38 bits per heavy atom. The van der Waals surface area contributed by atoms with Gasteiger partial charge in [0.25, 0.3) is 0 Å². The zero-order valence-electron chi connectivity index (χ0n) is 7.98. The molecule has 0 fully saturated rings. The lowest BCUT2D eigenvalue weighted by Crippen LogP contribution is -2.32. The molecule has 0 spiro atoms. The topological polar surface area (TPSA) is 83.5 Å². The van der Waals surface area contributed by atoms with Crippen LogP contribution >= 0.6 is 48.8 Å². The van der Waals surface area contributed by atoms with Gasteiger partial charge in [-0.2, -0.15) is 0 Å². The van der Waals surface area contributed by atoms with Crippen molar-refractivity contribution >= 4 is 54.8 Å². The van der Waals surface area contributed by atoms with Gasteiger partial charge in [0.2, 0.25) is 0 Å². The summed E-state index contributed by atoms with van der Waals surface area (Å²) in [6.45, 7) is 0. The van der Waals surface area contributed by atoms with Crippen molar-refractivity contribution in [1.82, 2.24) is 0 Å². The second-order valence-electron chi connectivity index (χ2n) is 3.06. The fourth-order valence-corrected chi connectivity index (χ4v) is 2.36. The molecule has 0 aliphatic heterocycles. The maximum absolute atomic E-state index is 10.5. The number of aliphatic carboxylic acids is 1. The molecule has 0 heterocycles. The number of rotatable bonds is 3. The SMILES string of the molecule is Br.N[C@@H](Cc1cc(Br)c(O)c(Br)c1)C(=O)O. The van der Waals surface area contributed by atoms with Crippen LogP contribution in [0, 0.1) is 0 Å². The summed E-state index contributed by atoms with van der Waals surface area (Å²) >= 11 is 6.31. The lowest BCUT2D eigenvalue weighted by molar-refractivity contribution is -0.138. The average molecular weight is 420 g/mol. The van der Waals surface area contributed by atoms with Crippen LogP contribution in [0.1, 0.15) is 5.56 Å². The van der Waals surface area contributed by atoms with Crippen molar-refractivity contribution in [1.29, 1.82) is 0 Å². The first-order valence-corrected chi connectivity index (χ1v) is 5.65. The Kier molecular flexibility index (Phi) is 6.54. The van der Waals surface area contributed by atoms with Gasteiger partial charge in [0.1, 0.15) is 11.8 Å². The van der Waals surface area contributed by atoms with Crippen LogP contribution in [0.2, 0.25) is 0 Å². The first-order chi connectivity index (χ1) is 6.91. The van der Waals surface area contributed by atoms with E-state index in [1.807, 2.05) is 0 Å². The van der Waals surface area contributed by atoms with Gasteiger partial charge in [-0.05, 0) is 56.0 Å². The molecular formula is C9H10Br3NO3. The number of phenols is 1. The number of hydrogen-bond acceptors (Lipinski definition) is 3. The van der Waals surface area contributed by atoms with Crippen LogP contribution in [0.4, 0.5) is 0 Å². The van der Waals surface area contributed by atoms with Gasteiger partial charge < -0.3 is 15.9 Å². The van der Waals surface area contributed by atoms with Gasteiger partial charge in [0.15, 0.2) is 0 Å². The number of carboxylic acid groups (broad SMARTS) is 1. The predicted octanol–water partition coefficient (Wildman–Crippen LogP) is 2.45. The number of carbonyl (C=O) groups is 1. The Labute approximate surface area is 120 Å². The van der Waals surface area contributed by atoms with Gasteiger partial charge in [0.05, 0.1) is 8.95 Å². The summed E-state index contributed by atoms with van der Waals surface area (Å²) in [5, 5.41) is 18.1. The molecule has 0 bridgehead atoms. The second kappa shape index (κ2) is 6.58. The van der Waals surface area contributed by atoms with E-state index in [0.29, 0.717) is 8.95 Å². The summed E-state index contributed by atoms with van der Waals surface area (Å²) in [5.41, 5.74) is 6.13. The van der Waals surface area contributed by atoms with Gasteiger partial charge in [0, 0.05) is 0 Å². The molecule has 7 heteroatoms. The first kappa shape index (κ1) is 15.9. The third-order valence-corrected chi connectivity index (χ3v) is 3.06. The molecule has 1 aromatic carbocycles. The summed E-state index contributed by atoms with van der Waals surface area (Å²) in [6.07, 6.45) is 0.215. The van der Waals surface area contributed by atoms with E-state index in [4.69, 9.17) is 10.8 Å². The Hall–Kier alpha value is -0.110. The number of nitrogens with two attached hydrogens (primary N) is 1. The summed E-state index contributed by atoms with van der Waals surface area (Å²) in [7, 11) is 0. The molecule has 90 valence electrons. The molecule has 0 saturated heterocycles. The smallest absolute Gasteiger partial charge is 0.320 e. The molecule has 0 aromatic heterocycles. The highest BCUT2D eigenvalue weighted by molar-refractivity contribution is 9.11. The number of benzene rings is 1. The minimum Gasteiger partial charge on any atom is -0.506 e. The molecule has 0 amide bonds. The number of phenolic OH excluding ortho intramolecular Hbond substituents is 1. The van der Waals surface area contributed by atoms with Crippen molar-refractivity contribution in [2.24, 2.45) is 5.73 Å². The van der Waals surface area contributed by atoms with Crippen LogP contribution in [0.25, 0.3) is 0 Å². The molecule has 4 nitrogen and oxygen atoms in total. The van der Waals surface area contributed by atoms with E-state index in [0.717, 1.165) is 5.56 Å². The molecule has 0 saturated carbocycles. The van der Waals surface area contributed by atoms with Crippen molar-refractivity contribution in [2.75, 3.05) is 0 Å². The van der Waals surface area contributed by atoms with Gasteiger partial charge in [-0.15, -0.1) is 17.0 Å². The van der Waals surface area contributed by atoms with Crippen molar-refractivity contribution in [3.63, 3.8) is 0 Å². The molecule has 0 unspecified atom stereocenters. The van der Waals surface area contributed by atoms with E-state index in [2.05, 4.69) is 31.9 Å². The molecular weight excluding hydrogens is 410 g/mol. The fourth-order valence-electron chi connectivity index (χ4n) is 1.08. The van der Waals surface area contributed by atoms with E-state index in [1.54, 1.807) is 12.1 Å². The standard InChI is InChI=1S/C9H9Br2NO3.BrH/c10-5-1-4(2-6(11)8(5)13)3-7(12)9(14)15;/h1-2,7,13H,3,12H2,(H,14,15);1H/t7-;/m0./s1. The van der Waals surface area contributed by atoms with Crippen molar-refractivity contribution in [2.45, 2.75) is 12.5 Å². The molecule has 16 heavy (non-hydrogen) atoms. The summed E-state index contributed by atoms with van der Waals surface area (Å²) in [4.78, 5) is 10.5. The lowest BCUT2D eigenvalue weighted by Gasteiger charge is -2.08. The highest BCUT2D eigenvalue weighted by Gasteiger charge is 2.14. The number of hydrogen-bond donors (Lipinski definition) is 3. The molecule has 0 aliphatic carbocycles. The number of carboxylic acids is 1. The van der Waals surface area contributed by atoms with Gasteiger partial charge in [-0.1, -0.05) is 0 Å². The van der Waals surface area contributed by atoms with Crippen LogP contribution in [-0.2, 0) is 11.2 Å². The Morgan fingerprint density at radius 2 is 1.81 bits per heavy atom. The summed E-state index contributed by atoms with van der Waals surface area (Å²) < 4.78 is 1.01. The number of aromatic hydroxyl groups is 1. The molecule has 1 rings (SSSR count). The molecule has 0 aliphatic rings. The van der Waals surface area contributed by atoms with E-state index in [-0.39, 0.29) is 29.2 Å². The molecule has 4 N–H and O–H groups in total. The van der Waals surface area contributed by atoms with Crippen LogP contribution < -0.4 is 5.73 Å². The fraction of sp³-hybridized carbons (Fsp3) is 0.222. The second-order valence-corrected chi connectivity index (χ2v) is 4.77. The van der Waals surface area contributed by atoms with Crippen molar-refractivity contribution in [3.8, 4) is 5.75 Å². The Bertz CT molecular complexity index is 375. The molecule has 1 aromatic rings. The zero-order valence-corrected chi connectivity index (χ0v) is 12.9. The van der Waals surface area contributed by atoms with Crippen LogP contribution in [0.5, 0.6) is 5.75 Å². The summed E-state index contributed by atoms with van der Waals surface area (Å²) in [6, 6.07) is 2.35. The normalized spacial score (nSPS) is 11.7. The van der Waals surface area contributed by atoms with Gasteiger partial charge in [-0.3, -0.25) is 4.79 Å². The predicted molar refractivity (Wildman–Crippen MR) is 73.1 cm³/mol.